The van der Waals surface area contributed by atoms with Crippen LogP contribution in [0.1, 0.15) is 48.3 Å². The molecule has 0 aliphatic carbocycles. The van der Waals surface area contributed by atoms with Crippen molar-refractivity contribution in [2.75, 3.05) is 26.2 Å². The van der Waals surface area contributed by atoms with E-state index in [-0.39, 0.29) is 36.6 Å². The lowest BCUT2D eigenvalue weighted by Crippen LogP contribution is -2.43. The summed E-state index contributed by atoms with van der Waals surface area (Å²) in [5.41, 5.74) is 2.98. The van der Waals surface area contributed by atoms with Crippen molar-refractivity contribution in [3.8, 4) is 5.75 Å². The van der Waals surface area contributed by atoms with Gasteiger partial charge < -0.3 is 20.3 Å². The van der Waals surface area contributed by atoms with Gasteiger partial charge in [-0.1, -0.05) is 78.9 Å². The zero-order chi connectivity index (χ0) is 27.3. The highest BCUT2D eigenvalue weighted by molar-refractivity contribution is 5.86. The van der Waals surface area contributed by atoms with E-state index in [0.717, 1.165) is 29.5 Å². The Morgan fingerprint density at radius 1 is 0.821 bits per heavy atom. The van der Waals surface area contributed by atoms with Crippen LogP contribution in [0.3, 0.4) is 0 Å². The molecule has 4 rings (SSSR count). The molecular weight excluding hydrogens is 490 g/mol. The van der Waals surface area contributed by atoms with Gasteiger partial charge in [-0.15, -0.1) is 0 Å². The standard InChI is InChI=1S/C32H37N3O4/c36-30-17-16-27(26-12-5-2-6-13-26)18-20-34-31(37)23-35(21-9-19-33-30)32(38)22-28-14-7-8-15-29(28)39-24-25-10-3-1-4-11-25/h1-8,10-15,27H,9,16-24H2,(H,33,36)(H,34,37). The van der Waals surface area contributed by atoms with Crippen molar-refractivity contribution in [3.63, 3.8) is 0 Å². The van der Waals surface area contributed by atoms with Gasteiger partial charge >= 0.3 is 0 Å². The van der Waals surface area contributed by atoms with Crippen molar-refractivity contribution in [2.45, 2.75) is 44.6 Å². The van der Waals surface area contributed by atoms with E-state index >= 15 is 0 Å². The molecule has 0 saturated carbocycles. The summed E-state index contributed by atoms with van der Waals surface area (Å²) < 4.78 is 6.03. The maximum Gasteiger partial charge on any atom is 0.239 e. The van der Waals surface area contributed by atoms with Gasteiger partial charge in [-0.3, -0.25) is 14.4 Å². The first-order chi connectivity index (χ1) is 19.1. The van der Waals surface area contributed by atoms with E-state index in [2.05, 4.69) is 22.8 Å². The van der Waals surface area contributed by atoms with Crippen molar-refractivity contribution in [1.82, 2.24) is 15.5 Å². The predicted octanol–water partition coefficient (Wildman–Crippen LogP) is 4.23. The van der Waals surface area contributed by atoms with Crippen LogP contribution >= 0.6 is 0 Å². The van der Waals surface area contributed by atoms with E-state index in [1.54, 1.807) is 4.90 Å². The van der Waals surface area contributed by atoms with E-state index in [4.69, 9.17) is 4.74 Å². The van der Waals surface area contributed by atoms with Crippen molar-refractivity contribution < 1.29 is 19.1 Å². The van der Waals surface area contributed by atoms with Crippen LogP contribution in [0.15, 0.2) is 84.9 Å². The molecule has 1 fully saturated rings. The van der Waals surface area contributed by atoms with E-state index < -0.39 is 0 Å². The summed E-state index contributed by atoms with van der Waals surface area (Å²) in [6.45, 7) is 1.71. The van der Waals surface area contributed by atoms with Crippen LogP contribution in [0.2, 0.25) is 0 Å². The number of hydrogen-bond donors (Lipinski definition) is 2. The Morgan fingerprint density at radius 2 is 1.51 bits per heavy atom. The second-order valence-corrected chi connectivity index (χ2v) is 9.86. The molecule has 1 unspecified atom stereocenters. The first-order valence-electron chi connectivity index (χ1n) is 13.7. The monoisotopic (exact) mass is 527 g/mol. The zero-order valence-electron chi connectivity index (χ0n) is 22.3. The summed E-state index contributed by atoms with van der Waals surface area (Å²) in [6.07, 6.45) is 2.57. The van der Waals surface area contributed by atoms with Crippen LogP contribution in [0.25, 0.3) is 0 Å². The molecule has 0 bridgehead atoms. The van der Waals surface area contributed by atoms with Crippen molar-refractivity contribution in [3.05, 3.63) is 102 Å². The quantitative estimate of drug-likeness (QED) is 0.502. The average Bonchev–Trinajstić information content (AvgIpc) is 2.96. The normalized spacial score (nSPS) is 17.4. The van der Waals surface area contributed by atoms with Crippen LogP contribution in [-0.4, -0.2) is 48.8 Å². The highest BCUT2D eigenvalue weighted by Crippen LogP contribution is 2.25. The second kappa shape index (κ2) is 14.7. The minimum atomic E-state index is -0.176. The first-order valence-corrected chi connectivity index (χ1v) is 13.7. The van der Waals surface area contributed by atoms with Crippen molar-refractivity contribution in [1.29, 1.82) is 0 Å². The number of para-hydroxylation sites is 1. The topological polar surface area (TPSA) is 87.7 Å². The highest BCUT2D eigenvalue weighted by atomic mass is 16.5. The third kappa shape index (κ3) is 8.99. The molecule has 1 aliphatic heterocycles. The molecule has 3 aromatic rings. The lowest BCUT2D eigenvalue weighted by molar-refractivity contribution is -0.135. The second-order valence-electron chi connectivity index (χ2n) is 9.86. The number of hydrogen-bond acceptors (Lipinski definition) is 4. The Labute approximate surface area is 230 Å². The maximum absolute atomic E-state index is 13.4. The number of benzene rings is 3. The molecule has 39 heavy (non-hydrogen) atoms. The number of rotatable bonds is 6. The molecule has 1 heterocycles. The number of amides is 3. The van der Waals surface area contributed by atoms with Gasteiger partial charge in [0.1, 0.15) is 12.4 Å². The molecule has 0 aromatic heterocycles. The van der Waals surface area contributed by atoms with Crippen molar-refractivity contribution >= 4 is 17.7 Å². The Hall–Kier alpha value is -4.13. The molecule has 3 aromatic carbocycles. The van der Waals surface area contributed by atoms with Crippen LogP contribution in [0.5, 0.6) is 5.75 Å². The van der Waals surface area contributed by atoms with E-state index in [9.17, 15) is 14.4 Å². The van der Waals surface area contributed by atoms with Gasteiger partial charge in [-0.2, -0.15) is 0 Å². The molecule has 2 N–H and O–H groups in total. The van der Waals surface area contributed by atoms with Crippen LogP contribution < -0.4 is 15.4 Å². The minimum Gasteiger partial charge on any atom is -0.489 e. The molecule has 7 nitrogen and oxygen atoms in total. The largest absolute Gasteiger partial charge is 0.489 e. The fourth-order valence-electron chi connectivity index (χ4n) is 4.80. The van der Waals surface area contributed by atoms with Gasteiger partial charge in [0.05, 0.1) is 13.0 Å². The highest BCUT2D eigenvalue weighted by Gasteiger charge is 2.21. The third-order valence-electron chi connectivity index (χ3n) is 6.97. The number of nitrogens with zero attached hydrogens (tertiary/aromatic N) is 1. The van der Waals surface area contributed by atoms with Gasteiger partial charge in [0.25, 0.3) is 0 Å². The van der Waals surface area contributed by atoms with Gasteiger partial charge in [0.2, 0.25) is 17.7 Å². The van der Waals surface area contributed by atoms with Gasteiger partial charge in [0.15, 0.2) is 0 Å². The van der Waals surface area contributed by atoms with E-state index in [1.165, 1.54) is 0 Å². The smallest absolute Gasteiger partial charge is 0.239 e. The number of ether oxygens (including phenoxy) is 1. The van der Waals surface area contributed by atoms with Crippen molar-refractivity contribution in [2.24, 2.45) is 0 Å². The van der Waals surface area contributed by atoms with Crippen LogP contribution in [0.4, 0.5) is 0 Å². The number of carbonyl (C=O) groups excluding carboxylic acids is 3. The molecular formula is C32H37N3O4. The Balaban J connectivity index is 1.39. The maximum atomic E-state index is 13.4. The summed E-state index contributed by atoms with van der Waals surface area (Å²) in [5, 5.41) is 5.96. The Bertz CT molecular complexity index is 1220. The van der Waals surface area contributed by atoms with Gasteiger partial charge in [0, 0.05) is 31.6 Å². The molecule has 1 atom stereocenters. The average molecular weight is 528 g/mol. The predicted molar refractivity (Wildman–Crippen MR) is 151 cm³/mol. The number of carbonyl (C=O) groups is 3. The SMILES string of the molecule is O=C1CCC(c2ccccc2)CCNC(=O)CN(C(=O)Cc2ccccc2OCc2ccccc2)CCCN1. The van der Waals surface area contributed by atoms with E-state index in [0.29, 0.717) is 44.8 Å². The van der Waals surface area contributed by atoms with Gasteiger partial charge in [-0.05, 0) is 42.4 Å². The Morgan fingerprint density at radius 3 is 2.31 bits per heavy atom. The summed E-state index contributed by atoms with van der Waals surface area (Å²) in [4.78, 5) is 40.3. The molecule has 1 saturated heterocycles. The Kier molecular flexibility index (Phi) is 10.5. The third-order valence-corrected chi connectivity index (χ3v) is 6.97. The van der Waals surface area contributed by atoms with Crippen LogP contribution in [0, 0.1) is 0 Å². The fraction of sp³-hybridized carbons (Fsp3) is 0.344. The van der Waals surface area contributed by atoms with Crippen LogP contribution in [-0.2, 0) is 27.4 Å². The molecule has 0 spiro atoms. The minimum absolute atomic E-state index is 0.0133. The summed E-state index contributed by atoms with van der Waals surface area (Å²) >= 11 is 0. The summed E-state index contributed by atoms with van der Waals surface area (Å²) in [6, 6.07) is 27.5. The fourth-order valence-corrected chi connectivity index (χ4v) is 4.80. The van der Waals surface area contributed by atoms with Gasteiger partial charge in [-0.25, -0.2) is 0 Å². The zero-order valence-corrected chi connectivity index (χ0v) is 22.3. The molecule has 3 amide bonds. The first kappa shape index (κ1) is 27.9. The lowest BCUT2D eigenvalue weighted by Gasteiger charge is -2.24. The lowest BCUT2D eigenvalue weighted by atomic mass is 9.91. The molecule has 204 valence electrons. The molecule has 1 aliphatic rings. The molecule has 0 radical (unpaired) electrons. The molecule has 7 heteroatoms. The van der Waals surface area contributed by atoms with E-state index in [1.807, 2.05) is 72.8 Å². The summed E-state index contributed by atoms with van der Waals surface area (Å²) in [7, 11) is 0. The summed E-state index contributed by atoms with van der Waals surface area (Å²) in [5.74, 6) is 0.511. The number of nitrogens with one attached hydrogen (secondary N) is 2.